The van der Waals surface area contributed by atoms with Gasteiger partial charge in [0.1, 0.15) is 12.4 Å². The van der Waals surface area contributed by atoms with E-state index in [1.165, 1.54) is 80.4 Å². The molecule has 38 heavy (non-hydrogen) atoms. The van der Waals surface area contributed by atoms with Crippen LogP contribution in [0.15, 0.2) is 18.2 Å². The van der Waals surface area contributed by atoms with Crippen LogP contribution >= 0.6 is 11.6 Å². The van der Waals surface area contributed by atoms with Gasteiger partial charge in [-0.3, -0.25) is 9.80 Å². The van der Waals surface area contributed by atoms with Crippen LogP contribution in [0, 0.1) is 5.92 Å². The van der Waals surface area contributed by atoms with E-state index >= 15 is 0 Å². The number of likely N-dealkylation sites (N-methyl/N-ethyl adjacent to an activating group) is 1. The Balaban J connectivity index is 1.25. The maximum Gasteiger partial charge on any atom is 0.318 e. The molecule has 1 aromatic heterocycles. The van der Waals surface area contributed by atoms with Gasteiger partial charge in [-0.1, -0.05) is 43.5 Å². The number of hydrogen-bond acceptors (Lipinski definition) is 6. The van der Waals surface area contributed by atoms with E-state index in [-0.39, 0.29) is 11.1 Å². The van der Waals surface area contributed by atoms with Gasteiger partial charge in [0.15, 0.2) is 0 Å². The van der Waals surface area contributed by atoms with Gasteiger partial charge >= 0.3 is 6.01 Å². The number of benzene rings is 1. The van der Waals surface area contributed by atoms with Crippen molar-refractivity contribution < 1.29 is 4.74 Å². The van der Waals surface area contributed by atoms with Gasteiger partial charge in [-0.25, -0.2) is 0 Å². The van der Waals surface area contributed by atoms with E-state index in [1.54, 1.807) is 0 Å². The third-order valence-corrected chi connectivity index (χ3v) is 10.8. The molecule has 3 atom stereocenters. The number of ether oxygens (including phenoxy) is 1. The molecule has 0 unspecified atom stereocenters. The molecule has 0 radical (unpaired) electrons. The highest BCUT2D eigenvalue weighted by atomic mass is 35.5. The summed E-state index contributed by atoms with van der Waals surface area (Å²) in [5, 5.41) is 0.904. The van der Waals surface area contributed by atoms with Crippen molar-refractivity contribution in [2.24, 2.45) is 5.92 Å². The number of rotatable bonds is 4. The Morgan fingerprint density at radius 1 is 1.03 bits per heavy atom. The zero-order chi connectivity index (χ0) is 25.9. The van der Waals surface area contributed by atoms with Gasteiger partial charge in [-0.05, 0) is 81.6 Å². The Bertz CT molecular complexity index is 1210. The molecule has 204 valence electrons. The summed E-state index contributed by atoms with van der Waals surface area (Å²) in [6.07, 6.45) is 11.8. The summed E-state index contributed by atoms with van der Waals surface area (Å²) in [5.41, 5.74) is 5.30. The van der Waals surface area contributed by atoms with Gasteiger partial charge in [0.2, 0.25) is 0 Å². The van der Waals surface area contributed by atoms with E-state index in [2.05, 4.69) is 40.8 Å². The first-order chi connectivity index (χ1) is 18.5. The smallest absolute Gasteiger partial charge is 0.318 e. The second kappa shape index (κ2) is 9.64. The average Bonchev–Trinajstić information content (AvgIpc) is 3.46. The molecule has 1 aliphatic carbocycles. The zero-order valence-electron chi connectivity index (χ0n) is 23.1. The molecule has 3 saturated heterocycles. The van der Waals surface area contributed by atoms with Crippen LogP contribution in [0.25, 0.3) is 0 Å². The first-order valence-corrected chi connectivity index (χ1v) is 15.4. The summed E-state index contributed by atoms with van der Waals surface area (Å²) in [5.74, 6) is 1.86. The molecular formula is C31H42ClN5O. The molecule has 1 aromatic carbocycles. The van der Waals surface area contributed by atoms with Crippen LogP contribution in [-0.4, -0.2) is 65.1 Å². The predicted octanol–water partition coefficient (Wildman–Crippen LogP) is 5.59. The molecular weight excluding hydrogens is 494 g/mol. The molecule has 7 heteroatoms. The lowest BCUT2D eigenvalue weighted by Gasteiger charge is -2.45. The van der Waals surface area contributed by atoms with Gasteiger partial charge in [0.05, 0.1) is 16.8 Å². The fraction of sp³-hybridized carbons (Fsp3) is 0.677. The van der Waals surface area contributed by atoms with Crippen LogP contribution in [0.5, 0.6) is 6.01 Å². The highest BCUT2D eigenvalue weighted by Gasteiger charge is 2.49. The lowest BCUT2D eigenvalue weighted by atomic mass is 9.81. The number of anilines is 1. The van der Waals surface area contributed by atoms with Crippen molar-refractivity contribution in [2.75, 3.05) is 44.7 Å². The molecule has 3 fully saturated rings. The van der Waals surface area contributed by atoms with Crippen molar-refractivity contribution in [2.45, 2.75) is 88.8 Å². The second-order valence-electron chi connectivity index (χ2n) is 12.9. The minimum absolute atomic E-state index is 0.0588. The van der Waals surface area contributed by atoms with Gasteiger partial charge in [0, 0.05) is 43.2 Å². The summed E-state index contributed by atoms with van der Waals surface area (Å²) in [7, 11) is 2.28. The van der Waals surface area contributed by atoms with E-state index in [0.29, 0.717) is 12.6 Å². The number of nitrogens with zero attached hydrogens (tertiary/aromatic N) is 5. The maximum absolute atomic E-state index is 6.67. The van der Waals surface area contributed by atoms with Crippen LogP contribution in [0.2, 0.25) is 5.02 Å². The van der Waals surface area contributed by atoms with Gasteiger partial charge in [0.25, 0.3) is 0 Å². The van der Waals surface area contributed by atoms with Gasteiger partial charge in [-0.15, -0.1) is 0 Å². The van der Waals surface area contributed by atoms with Crippen molar-refractivity contribution in [3.63, 3.8) is 0 Å². The molecule has 0 bridgehead atoms. The predicted molar refractivity (Wildman–Crippen MR) is 152 cm³/mol. The minimum atomic E-state index is -0.0588. The Morgan fingerprint density at radius 2 is 1.87 bits per heavy atom. The topological polar surface area (TPSA) is 44.7 Å². The van der Waals surface area contributed by atoms with Crippen molar-refractivity contribution in [3.8, 4) is 6.01 Å². The summed E-state index contributed by atoms with van der Waals surface area (Å²) in [4.78, 5) is 18.1. The van der Waals surface area contributed by atoms with Gasteiger partial charge < -0.3 is 9.64 Å². The van der Waals surface area contributed by atoms with Crippen molar-refractivity contribution in [1.82, 2.24) is 19.8 Å². The zero-order valence-corrected chi connectivity index (χ0v) is 23.9. The Morgan fingerprint density at radius 3 is 2.71 bits per heavy atom. The molecule has 0 N–H and O–H groups in total. The first-order valence-electron chi connectivity index (χ1n) is 15.0. The van der Waals surface area contributed by atoms with Crippen LogP contribution in [0.3, 0.4) is 0 Å². The van der Waals surface area contributed by atoms with Crippen molar-refractivity contribution >= 4 is 17.4 Å². The second-order valence-corrected chi connectivity index (χ2v) is 13.3. The molecule has 5 heterocycles. The lowest BCUT2D eigenvalue weighted by Crippen LogP contribution is -2.48. The van der Waals surface area contributed by atoms with E-state index in [9.17, 15) is 0 Å². The Hall–Kier alpha value is -1.89. The summed E-state index contributed by atoms with van der Waals surface area (Å²) in [6.45, 7) is 8.51. The molecule has 0 saturated carbocycles. The molecule has 5 aliphatic rings. The fourth-order valence-electron chi connectivity index (χ4n) is 8.53. The number of aromatic nitrogens is 2. The monoisotopic (exact) mass is 535 g/mol. The Kier molecular flexibility index (Phi) is 6.37. The number of hydrogen-bond donors (Lipinski definition) is 0. The lowest BCUT2D eigenvalue weighted by molar-refractivity contribution is 0.0896. The molecule has 7 rings (SSSR count). The molecule has 4 aliphatic heterocycles. The molecule has 6 nitrogen and oxygen atoms in total. The molecule has 2 aromatic rings. The minimum Gasteiger partial charge on any atom is -0.461 e. The van der Waals surface area contributed by atoms with E-state index in [0.717, 1.165) is 55.7 Å². The summed E-state index contributed by atoms with van der Waals surface area (Å²) in [6, 6.07) is 7.04. The summed E-state index contributed by atoms with van der Waals surface area (Å²) >= 11 is 6.67. The molecule has 0 amide bonds. The summed E-state index contributed by atoms with van der Waals surface area (Å²) < 4.78 is 6.61. The van der Waals surface area contributed by atoms with Crippen molar-refractivity contribution in [3.05, 3.63) is 45.6 Å². The van der Waals surface area contributed by atoms with E-state index in [1.807, 2.05) is 6.07 Å². The first kappa shape index (κ1) is 25.1. The van der Waals surface area contributed by atoms with Crippen LogP contribution in [0.1, 0.15) is 80.7 Å². The molecule has 1 spiro atoms. The number of halogens is 1. The standard InChI is InChI=1S/C31H42ClN5O/c1-22-17-30(12-8-16-37(30)19-22)21-38-29-33-27-18-31(13-11-23-25(31)9-7-10-26(23)32)35(2)20-24(27)28(34-29)36-14-5-3-4-6-15-36/h7,9-10,22H,3-6,8,11-21H2,1-2H3/t22-,30+,31+/m1/s1. The highest BCUT2D eigenvalue weighted by Crippen LogP contribution is 2.50. The quantitative estimate of drug-likeness (QED) is 0.508. The normalized spacial score (nSPS) is 31.3. The fourth-order valence-corrected chi connectivity index (χ4v) is 8.80. The third kappa shape index (κ3) is 4.05. The SMILES string of the molecule is C[C@H]1CN2CCC[C@@]2(COc2nc3c(c(N4CCCCCC4)n2)CN(C)[C@@]2(CCc4c(Cl)cccc42)C3)C1. The number of fused-ring (bicyclic) bond motifs is 4. The van der Waals surface area contributed by atoms with Gasteiger partial charge in [-0.2, -0.15) is 9.97 Å². The maximum atomic E-state index is 6.67. The Labute approximate surface area is 232 Å². The van der Waals surface area contributed by atoms with Crippen molar-refractivity contribution in [1.29, 1.82) is 0 Å². The van der Waals surface area contributed by atoms with E-state index in [4.69, 9.17) is 26.3 Å². The van der Waals surface area contributed by atoms with E-state index < -0.39 is 0 Å². The van der Waals surface area contributed by atoms with Crippen LogP contribution < -0.4 is 9.64 Å². The van der Waals surface area contributed by atoms with Crippen LogP contribution in [-0.2, 0) is 24.9 Å². The largest absolute Gasteiger partial charge is 0.461 e. The average molecular weight is 536 g/mol. The third-order valence-electron chi connectivity index (χ3n) is 10.4. The highest BCUT2D eigenvalue weighted by molar-refractivity contribution is 6.31. The van der Waals surface area contributed by atoms with Crippen LogP contribution in [0.4, 0.5) is 5.82 Å².